The second-order valence-corrected chi connectivity index (χ2v) is 4.79. The van der Waals surface area contributed by atoms with Crippen molar-refractivity contribution in [3.63, 3.8) is 0 Å². The van der Waals surface area contributed by atoms with Gasteiger partial charge in [-0.25, -0.2) is 0 Å². The third kappa shape index (κ3) is 4.04. The van der Waals surface area contributed by atoms with Gasteiger partial charge in [-0.2, -0.15) is 17.9 Å². The second-order valence-electron chi connectivity index (χ2n) is 3.26. The van der Waals surface area contributed by atoms with Crippen LogP contribution in [0.5, 0.6) is 0 Å². The van der Waals surface area contributed by atoms with Gasteiger partial charge >= 0.3 is 0 Å². The molecule has 6 heteroatoms. The highest BCUT2D eigenvalue weighted by Gasteiger charge is 2.18. The Morgan fingerprint density at radius 3 is 2.38 bits per heavy atom. The molecule has 3 N–H and O–H groups in total. The average molecular weight is 208 g/mol. The molecule has 13 heavy (non-hydrogen) atoms. The van der Waals surface area contributed by atoms with Crippen LogP contribution in [-0.2, 0) is 10.2 Å². The summed E-state index contributed by atoms with van der Waals surface area (Å²) in [4.78, 5) is 0. The molecule has 0 amide bonds. The van der Waals surface area contributed by atoms with Crippen molar-refractivity contribution in [2.24, 2.45) is 0 Å². The molecule has 0 bridgehead atoms. The third-order valence-electron chi connectivity index (χ3n) is 2.18. The molecule has 0 aromatic heterocycles. The van der Waals surface area contributed by atoms with E-state index in [2.05, 4.69) is 4.72 Å². The lowest BCUT2D eigenvalue weighted by atomic mass is 9.96. The van der Waals surface area contributed by atoms with Crippen LogP contribution in [0.2, 0.25) is 0 Å². The fourth-order valence-corrected chi connectivity index (χ4v) is 2.49. The Balaban J connectivity index is 2.37. The Hall–Kier alpha value is -0.170. The fourth-order valence-electron chi connectivity index (χ4n) is 1.57. The lowest BCUT2D eigenvalue weighted by Gasteiger charge is -2.22. The van der Waals surface area contributed by atoms with Crippen molar-refractivity contribution < 1.29 is 13.5 Å². The highest BCUT2D eigenvalue weighted by atomic mass is 32.2. The lowest BCUT2D eigenvalue weighted by molar-refractivity contribution is 0.286. The normalized spacial score (nSPS) is 20.4. The SMILES string of the molecule is O=S(=O)(NCO)NC1CCCCC1. The maximum atomic E-state index is 11.1. The van der Waals surface area contributed by atoms with E-state index in [1.807, 2.05) is 4.72 Å². The van der Waals surface area contributed by atoms with Crippen LogP contribution in [0.25, 0.3) is 0 Å². The standard InChI is InChI=1S/C7H16N2O3S/c10-6-8-13(11,12)9-7-4-2-1-3-5-7/h7-10H,1-6H2. The van der Waals surface area contributed by atoms with Gasteiger partial charge in [-0.1, -0.05) is 19.3 Å². The summed E-state index contributed by atoms with van der Waals surface area (Å²) in [6.07, 6.45) is 5.13. The van der Waals surface area contributed by atoms with Gasteiger partial charge in [0.05, 0.1) is 0 Å². The zero-order valence-corrected chi connectivity index (χ0v) is 8.31. The largest absolute Gasteiger partial charge is 0.380 e. The molecule has 78 valence electrons. The summed E-state index contributed by atoms with van der Waals surface area (Å²) in [5.41, 5.74) is 0. The zero-order valence-electron chi connectivity index (χ0n) is 7.49. The van der Waals surface area contributed by atoms with Crippen molar-refractivity contribution in [1.82, 2.24) is 9.44 Å². The zero-order chi connectivity index (χ0) is 9.73. The minimum Gasteiger partial charge on any atom is -0.380 e. The smallest absolute Gasteiger partial charge is 0.279 e. The molecular formula is C7H16N2O3S. The molecule has 0 heterocycles. The van der Waals surface area contributed by atoms with E-state index in [1.165, 1.54) is 6.42 Å². The quantitative estimate of drug-likeness (QED) is 0.555. The highest BCUT2D eigenvalue weighted by Crippen LogP contribution is 2.17. The van der Waals surface area contributed by atoms with E-state index in [1.54, 1.807) is 0 Å². The molecule has 1 rings (SSSR count). The highest BCUT2D eigenvalue weighted by molar-refractivity contribution is 7.87. The lowest BCUT2D eigenvalue weighted by Crippen LogP contribution is -2.43. The van der Waals surface area contributed by atoms with Crippen LogP contribution in [0.1, 0.15) is 32.1 Å². The minimum atomic E-state index is -3.48. The van der Waals surface area contributed by atoms with Gasteiger partial charge in [0.2, 0.25) is 0 Å². The Labute approximate surface area is 78.7 Å². The summed E-state index contributed by atoms with van der Waals surface area (Å²) in [6, 6.07) is 0.0396. The maximum absolute atomic E-state index is 11.1. The predicted octanol–water partition coefficient (Wildman–Crippen LogP) is -0.307. The van der Waals surface area contributed by atoms with Crippen molar-refractivity contribution in [2.75, 3.05) is 6.73 Å². The summed E-state index contributed by atoms with van der Waals surface area (Å²) >= 11 is 0. The van der Waals surface area contributed by atoms with E-state index in [4.69, 9.17) is 5.11 Å². The Morgan fingerprint density at radius 1 is 1.23 bits per heavy atom. The molecular weight excluding hydrogens is 192 g/mol. The predicted molar refractivity (Wildman–Crippen MR) is 49.2 cm³/mol. The van der Waals surface area contributed by atoms with Crippen LogP contribution in [0.15, 0.2) is 0 Å². The molecule has 0 unspecified atom stereocenters. The van der Waals surface area contributed by atoms with Crippen LogP contribution in [0.3, 0.4) is 0 Å². The molecule has 1 saturated carbocycles. The monoisotopic (exact) mass is 208 g/mol. The van der Waals surface area contributed by atoms with Gasteiger partial charge < -0.3 is 5.11 Å². The second kappa shape index (κ2) is 4.90. The number of aliphatic hydroxyl groups is 1. The van der Waals surface area contributed by atoms with Crippen LogP contribution in [0.4, 0.5) is 0 Å². The number of nitrogens with one attached hydrogen (secondary N) is 2. The molecule has 1 fully saturated rings. The molecule has 0 aromatic carbocycles. The molecule has 0 atom stereocenters. The van der Waals surface area contributed by atoms with Crippen LogP contribution in [-0.4, -0.2) is 26.3 Å². The van der Waals surface area contributed by atoms with Gasteiger partial charge in [0.1, 0.15) is 6.73 Å². The Bertz CT molecular complexity index is 234. The number of rotatable bonds is 4. The van der Waals surface area contributed by atoms with Gasteiger partial charge in [-0.3, -0.25) is 0 Å². The van der Waals surface area contributed by atoms with Gasteiger partial charge in [-0.05, 0) is 12.8 Å². The summed E-state index contributed by atoms with van der Waals surface area (Å²) in [6.45, 7) is -0.554. The number of hydrogen-bond donors (Lipinski definition) is 3. The third-order valence-corrected chi connectivity index (χ3v) is 3.33. The molecule has 5 nitrogen and oxygen atoms in total. The van der Waals surface area contributed by atoms with Crippen molar-refractivity contribution in [3.8, 4) is 0 Å². The van der Waals surface area contributed by atoms with Crippen molar-refractivity contribution in [2.45, 2.75) is 38.1 Å². The van der Waals surface area contributed by atoms with Gasteiger partial charge in [0.15, 0.2) is 0 Å². The van der Waals surface area contributed by atoms with Crippen molar-refractivity contribution in [3.05, 3.63) is 0 Å². The van der Waals surface area contributed by atoms with Crippen molar-refractivity contribution in [1.29, 1.82) is 0 Å². The van der Waals surface area contributed by atoms with Gasteiger partial charge in [0, 0.05) is 6.04 Å². The van der Waals surface area contributed by atoms with Crippen LogP contribution in [0, 0.1) is 0 Å². The number of hydrogen-bond acceptors (Lipinski definition) is 3. The molecule has 1 aliphatic rings. The Kier molecular flexibility index (Phi) is 4.11. The summed E-state index contributed by atoms with van der Waals surface area (Å²) in [5, 5.41) is 8.40. The first kappa shape index (κ1) is 10.9. The molecule has 1 aliphatic carbocycles. The van der Waals surface area contributed by atoms with Crippen molar-refractivity contribution >= 4 is 10.2 Å². The van der Waals surface area contributed by atoms with E-state index < -0.39 is 16.9 Å². The summed E-state index contributed by atoms with van der Waals surface area (Å²) in [7, 11) is -3.48. The first-order valence-electron chi connectivity index (χ1n) is 4.52. The molecule has 0 aliphatic heterocycles. The van der Waals surface area contributed by atoms with Gasteiger partial charge in [0.25, 0.3) is 10.2 Å². The van der Waals surface area contributed by atoms with E-state index in [0.717, 1.165) is 25.7 Å². The number of aliphatic hydroxyl groups excluding tert-OH is 1. The fraction of sp³-hybridized carbons (Fsp3) is 1.00. The summed E-state index contributed by atoms with van der Waals surface area (Å²) in [5.74, 6) is 0. The molecule has 0 saturated heterocycles. The van der Waals surface area contributed by atoms with E-state index >= 15 is 0 Å². The molecule has 0 spiro atoms. The van der Waals surface area contributed by atoms with Crippen LogP contribution >= 0.6 is 0 Å². The average Bonchev–Trinajstić information content (AvgIpc) is 2.04. The van der Waals surface area contributed by atoms with E-state index in [-0.39, 0.29) is 6.04 Å². The topological polar surface area (TPSA) is 78.4 Å². The first-order chi connectivity index (χ1) is 6.14. The summed E-state index contributed by atoms with van der Waals surface area (Å²) < 4.78 is 26.7. The van der Waals surface area contributed by atoms with Crippen LogP contribution < -0.4 is 9.44 Å². The van der Waals surface area contributed by atoms with E-state index in [0.29, 0.717) is 0 Å². The van der Waals surface area contributed by atoms with E-state index in [9.17, 15) is 8.42 Å². The Morgan fingerprint density at radius 2 is 1.85 bits per heavy atom. The first-order valence-corrected chi connectivity index (χ1v) is 6.00. The maximum Gasteiger partial charge on any atom is 0.279 e. The van der Waals surface area contributed by atoms with Gasteiger partial charge in [-0.15, -0.1) is 0 Å². The molecule has 0 aromatic rings. The minimum absolute atomic E-state index is 0.0396. The molecule has 0 radical (unpaired) electrons.